The van der Waals surface area contributed by atoms with E-state index in [-0.39, 0.29) is 11.9 Å². The molecule has 0 radical (unpaired) electrons. The molecule has 132 valence electrons. The molecule has 2 aliphatic rings. The molecule has 1 atom stereocenters. The van der Waals surface area contributed by atoms with E-state index in [2.05, 4.69) is 17.1 Å². The Hall–Kier alpha value is -1.05. The lowest BCUT2D eigenvalue weighted by Gasteiger charge is -2.25. The molecule has 3 rings (SSSR count). The molecule has 24 heavy (non-hydrogen) atoms. The van der Waals surface area contributed by atoms with Crippen LogP contribution in [0.25, 0.3) is 0 Å². The van der Waals surface area contributed by atoms with Gasteiger partial charge in [-0.3, -0.25) is 9.69 Å². The Bertz CT molecular complexity index is 624. The highest BCUT2D eigenvalue weighted by molar-refractivity contribution is 7.99. The third-order valence-electron chi connectivity index (χ3n) is 4.63. The lowest BCUT2D eigenvalue weighted by molar-refractivity contribution is -0.117. The maximum Gasteiger partial charge on any atom is 0.341 e. The molecule has 1 aromatic rings. The SMILES string of the molecule is COC(=O)c1c(NC(=O)CN2CCSCC2)sc2c1CCC(C)C2. The van der Waals surface area contributed by atoms with Crippen LogP contribution in [0.2, 0.25) is 0 Å². The molecule has 1 amide bonds. The van der Waals surface area contributed by atoms with Gasteiger partial charge in [-0.05, 0) is 30.7 Å². The Balaban J connectivity index is 1.76. The van der Waals surface area contributed by atoms with E-state index in [0.717, 1.165) is 49.4 Å². The number of fused-ring (bicyclic) bond motifs is 1. The van der Waals surface area contributed by atoms with Gasteiger partial charge >= 0.3 is 5.97 Å². The van der Waals surface area contributed by atoms with Gasteiger partial charge in [-0.1, -0.05) is 6.92 Å². The van der Waals surface area contributed by atoms with Crippen LogP contribution in [0.1, 0.15) is 34.1 Å². The monoisotopic (exact) mass is 368 g/mol. The minimum Gasteiger partial charge on any atom is -0.465 e. The summed E-state index contributed by atoms with van der Waals surface area (Å²) in [5.41, 5.74) is 1.65. The summed E-state index contributed by atoms with van der Waals surface area (Å²) in [5, 5.41) is 3.64. The topological polar surface area (TPSA) is 58.6 Å². The van der Waals surface area contributed by atoms with E-state index in [0.29, 0.717) is 23.0 Å². The zero-order valence-electron chi connectivity index (χ0n) is 14.2. The van der Waals surface area contributed by atoms with Crippen molar-refractivity contribution in [1.29, 1.82) is 0 Å². The molecule has 1 fully saturated rings. The van der Waals surface area contributed by atoms with Crippen LogP contribution < -0.4 is 5.32 Å². The van der Waals surface area contributed by atoms with Crippen molar-refractivity contribution in [3.05, 3.63) is 16.0 Å². The van der Waals surface area contributed by atoms with Gasteiger partial charge in [0.25, 0.3) is 0 Å². The molecule has 0 aromatic carbocycles. The number of ether oxygens (including phenoxy) is 1. The van der Waals surface area contributed by atoms with Crippen molar-refractivity contribution < 1.29 is 14.3 Å². The number of thiophene rings is 1. The van der Waals surface area contributed by atoms with Crippen LogP contribution in [0, 0.1) is 5.92 Å². The second-order valence-electron chi connectivity index (χ2n) is 6.48. The molecule has 0 spiro atoms. The van der Waals surface area contributed by atoms with Crippen LogP contribution >= 0.6 is 23.1 Å². The van der Waals surface area contributed by atoms with E-state index in [4.69, 9.17) is 4.74 Å². The zero-order chi connectivity index (χ0) is 17.1. The average molecular weight is 369 g/mol. The summed E-state index contributed by atoms with van der Waals surface area (Å²) >= 11 is 3.47. The average Bonchev–Trinajstić information content (AvgIpc) is 2.91. The molecule has 1 aliphatic heterocycles. The number of esters is 1. The number of amides is 1. The van der Waals surface area contributed by atoms with Gasteiger partial charge in [0.05, 0.1) is 19.2 Å². The number of anilines is 1. The second-order valence-corrected chi connectivity index (χ2v) is 8.81. The fourth-order valence-corrected chi connectivity index (χ4v) is 5.68. The predicted molar refractivity (Wildman–Crippen MR) is 99.2 cm³/mol. The number of carbonyl (C=O) groups is 2. The summed E-state index contributed by atoms with van der Waals surface area (Å²) < 4.78 is 4.96. The van der Waals surface area contributed by atoms with Crippen molar-refractivity contribution >= 4 is 40.0 Å². The quantitative estimate of drug-likeness (QED) is 0.828. The number of nitrogens with zero attached hydrogens (tertiary/aromatic N) is 1. The number of thioether (sulfide) groups is 1. The maximum atomic E-state index is 12.4. The van der Waals surface area contributed by atoms with Crippen molar-refractivity contribution in [2.45, 2.75) is 26.2 Å². The standard InChI is InChI=1S/C17H24N2O3S2/c1-11-3-4-12-13(9-11)24-16(15(12)17(21)22-2)18-14(20)10-19-5-7-23-8-6-19/h11H,3-10H2,1-2H3,(H,18,20). The van der Waals surface area contributed by atoms with Crippen LogP contribution in [0.3, 0.4) is 0 Å². The Morgan fingerprint density at radius 3 is 2.79 bits per heavy atom. The summed E-state index contributed by atoms with van der Waals surface area (Å²) in [5.74, 6) is 2.39. The number of rotatable bonds is 4. The fraction of sp³-hybridized carbons (Fsp3) is 0.647. The van der Waals surface area contributed by atoms with E-state index in [9.17, 15) is 9.59 Å². The molecule has 0 saturated carbocycles. The Kier molecular flexibility index (Phi) is 5.84. The minimum atomic E-state index is -0.341. The summed E-state index contributed by atoms with van der Waals surface area (Å²) in [7, 11) is 1.40. The molecule has 7 heteroatoms. The number of carbonyl (C=O) groups excluding carboxylic acids is 2. The Labute approximate surface area is 151 Å². The first kappa shape index (κ1) is 17.8. The number of hydrogen-bond donors (Lipinski definition) is 1. The predicted octanol–water partition coefficient (Wildman–Crippen LogP) is 2.65. The summed E-state index contributed by atoms with van der Waals surface area (Å²) in [6.07, 6.45) is 2.94. The van der Waals surface area contributed by atoms with Crippen molar-refractivity contribution in [3.63, 3.8) is 0 Å². The van der Waals surface area contributed by atoms with Gasteiger partial charge in [0.15, 0.2) is 0 Å². The number of nitrogens with one attached hydrogen (secondary N) is 1. The third-order valence-corrected chi connectivity index (χ3v) is 6.74. The molecule has 1 saturated heterocycles. The highest BCUT2D eigenvalue weighted by Gasteiger charge is 2.29. The first-order chi connectivity index (χ1) is 11.6. The molecule has 1 aliphatic carbocycles. The van der Waals surface area contributed by atoms with Gasteiger partial charge in [-0.25, -0.2) is 4.79 Å². The number of hydrogen-bond acceptors (Lipinski definition) is 6. The highest BCUT2D eigenvalue weighted by atomic mass is 32.2. The van der Waals surface area contributed by atoms with E-state index in [1.165, 1.54) is 12.0 Å². The molecule has 1 N–H and O–H groups in total. The molecule has 2 heterocycles. The van der Waals surface area contributed by atoms with Gasteiger partial charge in [0.2, 0.25) is 5.91 Å². The minimum absolute atomic E-state index is 0.0429. The lowest BCUT2D eigenvalue weighted by Crippen LogP contribution is -2.38. The second kappa shape index (κ2) is 7.89. The van der Waals surface area contributed by atoms with Crippen molar-refractivity contribution in [2.75, 3.05) is 43.6 Å². The van der Waals surface area contributed by atoms with Gasteiger partial charge in [0, 0.05) is 29.5 Å². The molecule has 0 bridgehead atoms. The van der Waals surface area contributed by atoms with E-state index >= 15 is 0 Å². The Morgan fingerprint density at radius 1 is 1.33 bits per heavy atom. The normalized spacial score (nSPS) is 21.2. The van der Waals surface area contributed by atoms with Gasteiger partial charge in [-0.15, -0.1) is 11.3 Å². The van der Waals surface area contributed by atoms with Gasteiger partial charge in [0.1, 0.15) is 5.00 Å². The molecular weight excluding hydrogens is 344 g/mol. The van der Waals surface area contributed by atoms with Crippen LogP contribution in [-0.4, -0.2) is 55.0 Å². The van der Waals surface area contributed by atoms with E-state index in [1.54, 1.807) is 11.3 Å². The van der Waals surface area contributed by atoms with Crippen LogP contribution in [0.5, 0.6) is 0 Å². The molecule has 5 nitrogen and oxygen atoms in total. The highest BCUT2D eigenvalue weighted by Crippen LogP contribution is 2.40. The number of methoxy groups -OCH3 is 1. The lowest BCUT2D eigenvalue weighted by atomic mass is 9.88. The van der Waals surface area contributed by atoms with Crippen LogP contribution in [0.15, 0.2) is 0 Å². The molecule has 1 aromatic heterocycles. The van der Waals surface area contributed by atoms with Crippen molar-refractivity contribution in [1.82, 2.24) is 4.90 Å². The smallest absolute Gasteiger partial charge is 0.341 e. The molecular formula is C17H24N2O3S2. The van der Waals surface area contributed by atoms with Crippen LogP contribution in [-0.2, 0) is 22.4 Å². The largest absolute Gasteiger partial charge is 0.465 e. The third kappa shape index (κ3) is 3.95. The first-order valence-electron chi connectivity index (χ1n) is 8.41. The Morgan fingerprint density at radius 2 is 2.08 bits per heavy atom. The van der Waals surface area contributed by atoms with Gasteiger partial charge < -0.3 is 10.1 Å². The van der Waals surface area contributed by atoms with Crippen LogP contribution in [0.4, 0.5) is 5.00 Å². The zero-order valence-corrected chi connectivity index (χ0v) is 15.9. The van der Waals surface area contributed by atoms with Crippen molar-refractivity contribution in [2.24, 2.45) is 5.92 Å². The summed E-state index contributed by atoms with van der Waals surface area (Å²) in [6.45, 7) is 4.51. The fourth-order valence-electron chi connectivity index (χ4n) is 3.29. The van der Waals surface area contributed by atoms with Crippen molar-refractivity contribution in [3.8, 4) is 0 Å². The molecule has 1 unspecified atom stereocenters. The first-order valence-corrected chi connectivity index (χ1v) is 10.4. The van der Waals surface area contributed by atoms with E-state index in [1.807, 2.05) is 11.8 Å². The maximum absolute atomic E-state index is 12.4. The summed E-state index contributed by atoms with van der Waals surface area (Å²) in [4.78, 5) is 28.0. The summed E-state index contributed by atoms with van der Waals surface area (Å²) in [6, 6.07) is 0. The van der Waals surface area contributed by atoms with E-state index < -0.39 is 0 Å². The van der Waals surface area contributed by atoms with Gasteiger partial charge in [-0.2, -0.15) is 11.8 Å².